The highest BCUT2D eigenvalue weighted by Gasteiger charge is 2.44. The van der Waals surface area contributed by atoms with E-state index in [1.165, 1.54) is 42.6 Å². The van der Waals surface area contributed by atoms with Crippen LogP contribution in [0.4, 0.5) is 32.2 Å². The van der Waals surface area contributed by atoms with Crippen molar-refractivity contribution in [1.29, 1.82) is 0 Å². The first-order valence-corrected chi connectivity index (χ1v) is 48.8. The summed E-state index contributed by atoms with van der Waals surface area (Å²) in [4.78, 5) is 45.4. The van der Waals surface area contributed by atoms with Gasteiger partial charge in [-0.1, -0.05) is 198 Å². The molecule has 4 unspecified atom stereocenters. The molecule has 4 atom stereocenters. The van der Waals surface area contributed by atoms with Crippen molar-refractivity contribution in [2.75, 3.05) is 18.0 Å². The van der Waals surface area contributed by atoms with Gasteiger partial charge in [0.05, 0.1) is 102 Å². The van der Waals surface area contributed by atoms with Crippen LogP contribution >= 0.6 is 69.6 Å². The molecule has 740 valence electrons. The van der Waals surface area contributed by atoms with Crippen molar-refractivity contribution in [2.24, 2.45) is 28.2 Å². The Kier molecular flexibility index (Phi) is 28.0. The maximum Gasteiger partial charge on any atom is 0.433 e. The predicted molar refractivity (Wildman–Crippen MR) is 565 cm³/mol. The summed E-state index contributed by atoms with van der Waals surface area (Å²) in [5.41, 5.74) is 9.76. The summed E-state index contributed by atoms with van der Waals surface area (Å²) in [5, 5.41) is 61.1. The predicted octanol–water partition coefficient (Wildman–Crippen LogP) is 26.1. The molecule has 33 heteroatoms. The molecular formula is C114H90Cl6F6N16O5. The lowest BCUT2D eigenvalue weighted by Gasteiger charge is -2.34. The quantitative estimate of drug-likeness (QED) is 0.0549. The molecule has 12 aromatic heterocycles. The van der Waals surface area contributed by atoms with Crippen molar-refractivity contribution < 1.29 is 51.5 Å². The molecule has 13 heterocycles. The van der Waals surface area contributed by atoms with Gasteiger partial charge in [-0.3, -0.25) is 29.6 Å². The van der Waals surface area contributed by atoms with Crippen molar-refractivity contribution in [3.05, 3.63) is 454 Å². The third-order valence-electron chi connectivity index (χ3n) is 26.9. The Balaban J connectivity index is 0.000000124. The molecule has 147 heavy (non-hydrogen) atoms. The van der Waals surface area contributed by atoms with Gasteiger partial charge in [-0.15, -0.1) is 0 Å². The number of aryl methyl sites for hydroxylation is 5. The fourth-order valence-corrected chi connectivity index (χ4v) is 20.2. The number of hydrogen-bond donors (Lipinski definition) is 4. The van der Waals surface area contributed by atoms with Crippen LogP contribution in [0.15, 0.2) is 317 Å². The molecule has 9 aromatic carbocycles. The number of hydrogen-bond acceptors (Lipinski definition) is 17. The Labute approximate surface area is 869 Å². The molecule has 1 fully saturated rings. The smallest absolute Gasteiger partial charge is 0.433 e. The van der Waals surface area contributed by atoms with Crippen LogP contribution in [0.3, 0.4) is 0 Å². The van der Waals surface area contributed by atoms with E-state index >= 15 is 0 Å². The minimum Gasteiger partial charge on any atom is -0.483 e. The summed E-state index contributed by atoms with van der Waals surface area (Å²) < 4.78 is 92.2. The summed E-state index contributed by atoms with van der Waals surface area (Å²) in [5.74, 6) is 1.08. The van der Waals surface area contributed by atoms with Gasteiger partial charge in [-0.05, 0) is 216 Å². The zero-order valence-electron chi connectivity index (χ0n) is 79.9. The number of aliphatic hydroxyl groups is 4. The van der Waals surface area contributed by atoms with Gasteiger partial charge in [0.1, 0.15) is 29.2 Å². The first kappa shape index (κ1) is 101. The summed E-state index contributed by atoms with van der Waals surface area (Å²) in [6.45, 7) is 9.76. The van der Waals surface area contributed by atoms with Crippen LogP contribution in [0, 0.1) is 20.8 Å². The van der Waals surface area contributed by atoms with Gasteiger partial charge in [-0.2, -0.15) is 31.4 Å². The number of ether oxygens (including phenoxy) is 1. The molecular weight excluding hydrogens is 2000 g/mol. The van der Waals surface area contributed by atoms with Gasteiger partial charge < -0.3 is 43.8 Å². The van der Waals surface area contributed by atoms with Crippen LogP contribution in [0.1, 0.15) is 120 Å². The lowest BCUT2D eigenvalue weighted by atomic mass is 9.80. The van der Waals surface area contributed by atoms with Crippen molar-refractivity contribution in [1.82, 2.24) is 73.3 Å². The molecule has 4 N–H and O–H groups in total. The Morgan fingerprint density at radius 3 is 1.26 bits per heavy atom. The molecule has 21 nitrogen and oxygen atoms in total. The van der Waals surface area contributed by atoms with Gasteiger partial charge in [0, 0.05) is 166 Å². The summed E-state index contributed by atoms with van der Waals surface area (Å²) in [6.07, 6.45) is 11.1. The average Bonchev–Trinajstić information content (AvgIpc) is 1.70. The molecule has 0 bridgehead atoms. The topological polar surface area (TPSA) is 255 Å². The fourth-order valence-electron chi connectivity index (χ4n) is 18.8. The minimum atomic E-state index is -4.62. The van der Waals surface area contributed by atoms with E-state index in [0.717, 1.165) is 139 Å². The summed E-state index contributed by atoms with van der Waals surface area (Å²) >= 11 is 40.2. The molecule has 0 aliphatic carbocycles. The van der Waals surface area contributed by atoms with Crippen LogP contribution in [0.2, 0.25) is 30.1 Å². The Hall–Kier alpha value is -14.6. The number of nitrogens with zero attached hydrogens (tertiary/aromatic N) is 16. The van der Waals surface area contributed by atoms with E-state index in [1.54, 1.807) is 121 Å². The van der Waals surface area contributed by atoms with Crippen molar-refractivity contribution in [3.63, 3.8) is 0 Å². The van der Waals surface area contributed by atoms with E-state index in [0.29, 0.717) is 119 Å². The van der Waals surface area contributed by atoms with E-state index in [-0.39, 0.29) is 17.7 Å². The van der Waals surface area contributed by atoms with Crippen LogP contribution in [0.5, 0.6) is 5.75 Å². The highest BCUT2D eigenvalue weighted by Crippen LogP contribution is 2.50. The van der Waals surface area contributed by atoms with E-state index in [4.69, 9.17) is 89.3 Å². The summed E-state index contributed by atoms with van der Waals surface area (Å²) in [6, 6.07) is 71.8. The first-order valence-electron chi connectivity index (χ1n) is 46.5. The van der Waals surface area contributed by atoms with Crippen molar-refractivity contribution in [3.8, 4) is 28.3 Å². The second kappa shape index (κ2) is 40.7. The lowest BCUT2D eigenvalue weighted by molar-refractivity contribution is -0.142. The number of aromatic nitrogens is 15. The monoisotopic (exact) mass is 2090 g/mol. The first-order chi connectivity index (χ1) is 70.4. The number of anilines is 1. The summed E-state index contributed by atoms with van der Waals surface area (Å²) in [7, 11) is 7.34. The van der Waals surface area contributed by atoms with E-state index in [2.05, 4.69) is 79.8 Å². The number of rotatable bonds is 19. The highest BCUT2D eigenvalue weighted by molar-refractivity contribution is 6.38. The zero-order chi connectivity index (χ0) is 104. The van der Waals surface area contributed by atoms with E-state index in [9.17, 15) is 46.8 Å². The number of benzene rings is 9. The molecule has 21 aromatic rings. The Morgan fingerprint density at radius 2 is 0.816 bits per heavy atom. The number of halogens is 12. The van der Waals surface area contributed by atoms with E-state index < -0.39 is 46.1 Å². The number of imidazole rings is 2. The van der Waals surface area contributed by atoms with Crippen molar-refractivity contribution in [2.45, 2.75) is 81.9 Å². The lowest BCUT2D eigenvalue weighted by Crippen LogP contribution is -2.38. The molecule has 0 spiro atoms. The third kappa shape index (κ3) is 19.2. The van der Waals surface area contributed by atoms with Gasteiger partial charge in [0.25, 0.3) is 0 Å². The van der Waals surface area contributed by atoms with Crippen LogP contribution in [0.25, 0.3) is 87.9 Å². The molecule has 0 amide bonds. The maximum absolute atomic E-state index is 13.2. The normalized spacial score (nSPS) is 13.9. The number of pyridine rings is 8. The SMILES string of the molecule is CCc1nc2ccc(C(O)(c3ccc(C(F)(F)F)nc3)c3cncn3C)cc2c(Cl)c1C.Cc1c(-c2ccc3c(cnn3C)c2)nc2ccc(C(O)(c3cccnc3)c3cccc(Cl)c3)cc2c1Cl.Cc1c(-c2ccc3ccn(C)c3c2)nc2ccc(C(O)(c3cccnc3)c3cccc(Cl)c3)cc2c1Cl.Cn1cncc1C(O)(c1ccc(C(F)(F)F)nc1)c1ccc2nc(N3CCC3)c(OCc3ccccc3)c(Cl)c2c1. The molecule has 0 saturated carbocycles. The molecule has 0 radical (unpaired) electrons. The Bertz CT molecular complexity index is 8580. The Morgan fingerprint density at radius 1 is 0.374 bits per heavy atom. The largest absolute Gasteiger partial charge is 0.483 e. The number of fused-ring (bicyclic) bond motifs is 6. The number of alkyl halides is 6. The van der Waals surface area contributed by atoms with Gasteiger partial charge in [0.15, 0.2) is 22.8 Å². The molecule has 1 aliphatic heterocycles. The van der Waals surface area contributed by atoms with E-state index in [1.807, 2.05) is 174 Å². The third-order valence-corrected chi connectivity index (χ3v) is 29.2. The second-order valence-corrected chi connectivity index (χ2v) is 38.4. The second-order valence-electron chi connectivity index (χ2n) is 36.0. The maximum atomic E-state index is 13.2. The standard InChI is InChI=1S/C31H23Cl2N3O.C30H22Cl2N4O.C30H25ClF3N5O2.C23H20ClF3N4O/c1-19-29(33)26-17-23(31(37,24-6-4-13-34-18-24)22-5-3-7-25(32)16-22)10-11-27(26)35-30(19)21-9-8-20-12-14-36(2)28(20)15-21;1-18-28(32)25-15-22(30(37,23-6-4-12-33-17-23)21-5-3-7-24(31)14-21)9-10-26(25)35-29(18)19-8-11-27-20(13-19)16-34-36(27)2;1-38-18-35-16-25(38)29(40,21-9-11-24(36-15-21)30(32,33)34)20-8-10-23-22(14-20)26(31)27(28(37-23)39-12-5-13-39)41-17-19-6-3-2-4-7-19;1-4-17-13(2)21(24)16-9-14(5-7-18(16)30-17)22(32,20-11-28-12-31(20)3)15-6-8-19(29-10-15)23(25,26)27/h3-18,37H,1-2H3;3-17,37H,1-2H3;2-4,6-11,14-16,18,40H,5,12-13,17H2,1H3;5-12,32H,4H2,1-3H3. The molecule has 1 aliphatic rings. The highest BCUT2D eigenvalue weighted by atomic mass is 35.5. The van der Waals surface area contributed by atoms with Gasteiger partial charge in [-0.25, -0.2) is 24.9 Å². The molecule has 22 rings (SSSR count). The van der Waals surface area contributed by atoms with Crippen LogP contribution in [-0.2, 0) is 76.0 Å². The van der Waals surface area contributed by atoms with Crippen LogP contribution < -0.4 is 9.64 Å². The van der Waals surface area contributed by atoms with Crippen LogP contribution in [-0.4, -0.2) is 107 Å². The fraction of sp³-hybridized carbons (Fsp3) is 0.167. The van der Waals surface area contributed by atoms with Crippen molar-refractivity contribution >= 4 is 141 Å². The minimum absolute atomic E-state index is 0.135. The zero-order valence-corrected chi connectivity index (χ0v) is 84.5. The average molecular weight is 2090 g/mol. The van der Waals surface area contributed by atoms with Gasteiger partial charge >= 0.3 is 12.4 Å². The molecule has 1 saturated heterocycles. The van der Waals surface area contributed by atoms with Gasteiger partial charge in [0.2, 0.25) is 0 Å².